The monoisotopic (exact) mass is 524 g/mol. The number of thioether (sulfide) groups is 1. The highest BCUT2D eigenvalue weighted by molar-refractivity contribution is 9.10. The van der Waals surface area contributed by atoms with E-state index in [0.717, 1.165) is 25.4 Å². The van der Waals surface area contributed by atoms with Gasteiger partial charge in [0.25, 0.3) is 0 Å². The molecule has 1 aromatic heterocycles. The van der Waals surface area contributed by atoms with Crippen LogP contribution in [-0.4, -0.2) is 35.3 Å². The van der Waals surface area contributed by atoms with Gasteiger partial charge in [0.15, 0.2) is 17.3 Å². The number of aromatic nitrogens is 3. The van der Waals surface area contributed by atoms with Crippen LogP contribution in [0.3, 0.4) is 0 Å². The first-order valence-electron chi connectivity index (χ1n) is 8.27. The quantitative estimate of drug-likeness (QED) is 0.309. The molecule has 0 aliphatic heterocycles. The summed E-state index contributed by atoms with van der Waals surface area (Å²) in [6, 6.07) is 12.0. The Labute approximate surface area is 184 Å². The molecule has 146 valence electrons. The number of halogens is 2. The summed E-state index contributed by atoms with van der Waals surface area (Å²) in [5.74, 6) is 2.77. The topological polar surface area (TPSA) is 61.5 Å². The summed E-state index contributed by atoms with van der Waals surface area (Å²) < 4.78 is 14.3. The second kappa shape index (κ2) is 9.58. The molecule has 0 saturated carbocycles. The van der Waals surface area contributed by atoms with Crippen molar-refractivity contribution < 1.29 is 9.47 Å². The Balaban J connectivity index is 1.80. The van der Waals surface area contributed by atoms with Gasteiger partial charge in [0.1, 0.15) is 0 Å². The highest BCUT2D eigenvalue weighted by Gasteiger charge is 2.11. The van der Waals surface area contributed by atoms with Gasteiger partial charge in [-0.3, -0.25) is 0 Å². The molecule has 0 saturated heterocycles. The number of nitrogens with zero attached hydrogens (tertiary/aromatic N) is 4. The fraction of sp³-hybridized carbons (Fsp3) is 0.211. The lowest BCUT2D eigenvalue weighted by Gasteiger charge is -2.10. The summed E-state index contributed by atoms with van der Waals surface area (Å²) in [5.41, 5.74) is 2.06. The van der Waals surface area contributed by atoms with Crippen molar-refractivity contribution in [2.45, 2.75) is 17.8 Å². The molecule has 0 bridgehead atoms. The minimum atomic E-state index is 0.628. The van der Waals surface area contributed by atoms with Crippen LogP contribution in [0.25, 0.3) is 0 Å². The van der Waals surface area contributed by atoms with Crippen molar-refractivity contribution in [3.8, 4) is 11.5 Å². The number of methoxy groups -OCH3 is 2. The first-order chi connectivity index (χ1) is 13.5. The average molecular weight is 526 g/mol. The maximum absolute atomic E-state index is 5.38. The van der Waals surface area contributed by atoms with E-state index in [2.05, 4.69) is 59.3 Å². The zero-order valence-corrected chi connectivity index (χ0v) is 19.5. The first kappa shape index (κ1) is 20.9. The van der Waals surface area contributed by atoms with Gasteiger partial charge < -0.3 is 9.47 Å². The van der Waals surface area contributed by atoms with E-state index in [1.165, 1.54) is 5.56 Å². The fourth-order valence-electron chi connectivity index (χ4n) is 2.43. The fourth-order valence-corrected chi connectivity index (χ4v) is 4.20. The van der Waals surface area contributed by atoms with Gasteiger partial charge in [0, 0.05) is 10.2 Å². The summed E-state index contributed by atoms with van der Waals surface area (Å²) in [7, 11) is 3.21. The van der Waals surface area contributed by atoms with Gasteiger partial charge >= 0.3 is 0 Å². The molecular formula is C19H18Br2N4O2S. The predicted molar refractivity (Wildman–Crippen MR) is 119 cm³/mol. The second-order valence-electron chi connectivity index (χ2n) is 5.74. The summed E-state index contributed by atoms with van der Waals surface area (Å²) in [6.07, 6.45) is 1.74. The summed E-state index contributed by atoms with van der Waals surface area (Å²) in [6.45, 7) is 1.87. The van der Waals surface area contributed by atoms with E-state index in [9.17, 15) is 0 Å². The molecule has 0 aliphatic rings. The maximum Gasteiger partial charge on any atom is 0.212 e. The second-order valence-corrected chi connectivity index (χ2v) is 8.45. The Bertz CT molecular complexity index is 990. The van der Waals surface area contributed by atoms with Gasteiger partial charge in [-0.05, 0) is 58.2 Å². The average Bonchev–Trinajstić information content (AvgIpc) is 3.05. The Morgan fingerprint density at radius 2 is 1.86 bits per heavy atom. The highest BCUT2D eigenvalue weighted by atomic mass is 79.9. The van der Waals surface area contributed by atoms with E-state index >= 15 is 0 Å². The Kier molecular flexibility index (Phi) is 7.14. The van der Waals surface area contributed by atoms with Crippen molar-refractivity contribution in [3.63, 3.8) is 0 Å². The minimum absolute atomic E-state index is 0.628. The smallest absolute Gasteiger partial charge is 0.212 e. The van der Waals surface area contributed by atoms with Crippen molar-refractivity contribution in [2.75, 3.05) is 14.2 Å². The molecule has 0 amide bonds. The van der Waals surface area contributed by atoms with E-state index in [1.807, 2.05) is 31.2 Å². The van der Waals surface area contributed by atoms with Crippen molar-refractivity contribution >= 4 is 49.8 Å². The number of ether oxygens (including phenoxy) is 2. The molecule has 0 unspecified atom stereocenters. The van der Waals surface area contributed by atoms with Gasteiger partial charge in [-0.1, -0.05) is 39.8 Å². The van der Waals surface area contributed by atoms with Crippen molar-refractivity contribution in [2.24, 2.45) is 5.10 Å². The molecule has 2 aromatic carbocycles. The lowest BCUT2D eigenvalue weighted by molar-refractivity contribution is 0.353. The molecule has 0 fully saturated rings. The highest BCUT2D eigenvalue weighted by Crippen LogP contribution is 2.35. The Hall–Kier alpha value is -1.84. The van der Waals surface area contributed by atoms with Gasteiger partial charge in [-0.2, -0.15) is 9.78 Å². The van der Waals surface area contributed by atoms with Crippen LogP contribution in [0.1, 0.15) is 17.0 Å². The molecular weight excluding hydrogens is 508 g/mol. The van der Waals surface area contributed by atoms with Crippen LogP contribution >= 0.6 is 43.6 Å². The number of hydrogen-bond donors (Lipinski definition) is 0. The lowest BCUT2D eigenvalue weighted by atomic mass is 10.2. The molecule has 3 aromatic rings. The zero-order valence-electron chi connectivity index (χ0n) is 15.5. The molecule has 0 spiro atoms. The SMILES string of the molecule is COc1cc(/C=N/n2c(C)nnc2SCc2ccc(Br)cc2)cc(Br)c1OC. The third-order valence-corrected chi connectivity index (χ3v) is 5.94. The zero-order chi connectivity index (χ0) is 20.1. The van der Waals surface area contributed by atoms with Crippen LogP contribution in [0.2, 0.25) is 0 Å². The normalized spacial score (nSPS) is 11.2. The molecule has 0 atom stereocenters. The molecule has 0 radical (unpaired) electrons. The van der Waals surface area contributed by atoms with Crippen LogP contribution in [0.15, 0.2) is 55.6 Å². The molecule has 1 heterocycles. The summed E-state index contributed by atoms with van der Waals surface area (Å²) in [4.78, 5) is 0. The van der Waals surface area contributed by atoms with Gasteiger partial charge in [-0.25, -0.2) is 0 Å². The summed E-state index contributed by atoms with van der Waals surface area (Å²) in [5, 5.41) is 13.7. The maximum atomic E-state index is 5.38. The van der Waals surface area contributed by atoms with E-state index in [-0.39, 0.29) is 0 Å². The summed E-state index contributed by atoms with van der Waals surface area (Å²) >= 11 is 8.53. The number of benzene rings is 2. The minimum Gasteiger partial charge on any atom is -0.493 e. The first-order valence-corrected chi connectivity index (χ1v) is 10.8. The van der Waals surface area contributed by atoms with E-state index in [1.54, 1.807) is 36.9 Å². The Morgan fingerprint density at radius 1 is 1.11 bits per heavy atom. The van der Waals surface area contributed by atoms with Crippen molar-refractivity contribution in [1.29, 1.82) is 0 Å². The largest absolute Gasteiger partial charge is 0.493 e. The standard InChI is InChI=1S/C19H18Br2N4O2S/c1-12-23-24-19(28-11-13-4-6-15(20)7-5-13)25(12)22-10-14-8-16(21)18(27-3)17(9-14)26-2/h4-10H,11H2,1-3H3/b22-10+. The van der Waals surface area contributed by atoms with Crippen LogP contribution in [-0.2, 0) is 5.75 Å². The van der Waals surface area contributed by atoms with Gasteiger partial charge in [0.05, 0.1) is 24.9 Å². The number of aryl methyl sites for hydroxylation is 1. The molecule has 0 aliphatic carbocycles. The van der Waals surface area contributed by atoms with E-state index in [0.29, 0.717) is 17.3 Å². The van der Waals surface area contributed by atoms with Crippen LogP contribution < -0.4 is 9.47 Å². The van der Waals surface area contributed by atoms with Gasteiger partial charge in [0.2, 0.25) is 5.16 Å². The molecule has 6 nitrogen and oxygen atoms in total. The van der Waals surface area contributed by atoms with Crippen molar-refractivity contribution in [1.82, 2.24) is 14.9 Å². The number of rotatable bonds is 7. The van der Waals surface area contributed by atoms with Gasteiger partial charge in [-0.15, -0.1) is 10.2 Å². The van der Waals surface area contributed by atoms with E-state index in [4.69, 9.17) is 9.47 Å². The molecule has 28 heavy (non-hydrogen) atoms. The third kappa shape index (κ3) is 4.95. The molecule has 3 rings (SSSR count). The van der Waals surface area contributed by atoms with E-state index < -0.39 is 0 Å². The van der Waals surface area contributed by atoms with Crippen molar-refractivity contribution in [3.05, 3.63) is 62.3 Å². The number of hydrogen-bond acceptors (Lipinski definition) is 6. The Morgan fingerprint density at radius 3 is 2.54 bits per heavy atom. The van der Waals surface area contributed by atoms with Crippen LogP contribution in [0, 0.1) is 6.92 Å². The van der Waals surface area contributed by atoms with Crippen LogP contribution in [0.5, 0.6) is 11.5 Å². The van der Waals surface area contributed by atoms with Crippen LogP contribution in [0.4, 0.5) is 0 Å². The predicted octanol–water partition coefficient (Wildman–Crippen LogP) is 5.30. The third-order valence-electron chi connectivity index (χ3n) is 3.83. The molecule has 9 heteroatoms. The lowest BCUT2D eigenvalue weighted by Crippen LogP contribution is -1.98. The molecule has 0 N–H and O–H groups in total.